The molecule has 2 amide bonds. The number of aromatic nitrogens is 2. The molecule has 1 aliphatic rings. The summed E-state index contributed by atoms with van der Waals surface area (Å²) in [5, 5.41) is 9.67. The number of ether oxygens (including phenoxy) is 3. The quantitative estimate of drug-likeness (QED) is 0.577. The van der Waals surface area contributed by atoms with Crippen LogP contribution in [0.4, 0.5) is 14.9 Å². The van der Waals surface area contributed by atoms with E-state index in [9.17, 15) is 9.18 Å². The number of urea groups is 1. The molecule has 4 rings (SSSR count). The number of carbonyl (C=O) groups is 1. The molecule has 0 unspecified atom stereocenters. The summed E-state index contributed by atoms with van der Waals surface area (Å²) in [5.41, 5.74) is 1.99. The first-order chi connectivity index (χ1) is 15.2. The molecule has 0 bridgehead atoms. The average Bonchev–Trinajstić information content (AvgIpc) is 3.27. The van der Waals surface area contributed by atoms with Gasteiger partial charge < -0.3 is 24.8 Å². The minimum atomic E-state index is -0.358. The highest BCUT2D eigenvalue weighted by atomic mass is 19.1. The summed E-state index contributed by atoms with van der Waals surface area (Å²) in [6.07, 6.45) is 4.02. The number of hydrogen-bond acceptors (Lipinski definition) is 5. The van der Waals surface area contributed by atoms with E-state index < -0.39 is 0 Å². The van der Waals surface area contributed by atoms with Crippen molar-refractivity contribution in [3.8, 4) is 11.5 Å². The second kappa shape index (κ2) is 9.94. The van der Waals surface area contributed by atoms with Gasteiger partial charge in [-0.15, -0.1) is 0 Å². The van der Waals surface area contributed by atoms with Crippen LogP contribution in [-0.4, -0.2) is 35.8 Å². The molecule has 0 spiro atoms. The number of anilines is 1. The lowest BCUT2D eigenvalue weighted by molar-refractivity contribution is -0.0172. The highest BCUT2D eigenvalue weighted by molar-refractivity contribution is 5.89. The minimum absolute atomic E-state index is 0.139. The number of hydrogen-bond donors (Lipinski definition) is 2. The van der Waals surface area contributed by atoms with Gasteiger partial charge in [-0.25, -0.2) is 9.18 Å². The highest BCUT2D eigenvalue weighted by Gasteiger charge is 2.17. The van der Waals surface area contributed by atoms with Gasteiger partial charge in [0.25, 0.3) is 0 Å². The predicted octanol–water partition coefficient (Wildman–Crippen LogP) is 3.33. The van der Waals surface area contributed by atoms with Crippen LogP contribution in [-0.2, 0) is 24.3 Å². The fourth-order valence-corrected chi connectivity index (χ4v) is 3.28. The van der Waals surface area contributed by atoms with Crippen LogP contribution in [0.2, 0.25) is 0 Å². The molecule has 9 heteroatoms. The zero-order chi connectivity index (χ0) is 21.5. The van der Waals surface area contributed by atoms with Gasteiger partial charge in [-0.2, -0.15) is 5.10 Å². The molecule has 162 valence electrons. The Balaban J connectivity index is 1.25. The molecule has 1 aliphatic heterocycles. The maximum atomic E-state index is 13.8. The molecule has 31 heavy (non-hydrogen) atoms. The van der Waals surface area contributed by atoms with Crippen LogP contribution in [0.25, 0.3) is 0 Å². The normalized spacial score (nSPS) is 12.5. The molecule has 8 nitrogen and oxygen atoms in total. The molecular formula is C22H23FN4O4. The van der Waals surface area contributed by atoms with Crippen molar-refractivity contribution in [2.24, 2.45) is 0 Å². The molecule has 0 saturated heterocycles. The summed E-state index contributed by atoms with van der Waals surface area (Å²) >= 11 is 0. The Labute approximate surface area is 178 Å². The molecule has 3 aromatic rings. The van der Waals surface area contributed by atoms with E-state index in [4.69, 9.17) is 14.2 Å². The van der Waals surface area contributed by atoms with Crippen LogP contribution in [0.5, 0.6) is 11.5 Å². The van der Waals surface area contributed by atoms with Crippen LogP contribution in [0, 0.1) is 5.82 Å². The number of nitrogens with zero attached hydrogens (tertiary/aromatic N) is 2. The summed E-state index contributed by atoms with van der Waals surface area (Å²) in [5.74, 6) is 0.933. The van der Waals surface area contributed by atoms with Gasteiger partial charge in [0.2, 0.25) is 0 Å². The van der Waals surface area contributed by atoms with Crippen molar-refractivity contribution < 1.29 is 23.4 Å². The Morgan fingerprint density at radius 1 is 1.26 bits per heavy atom. The van der Waals surface area contributed by atoms with Crippen molar-refractivity contribution in [1.29, 1.82) is 0 Å². The molecule has 0 radical (unpaired) electrons. The first-order valence-corrected chi connectivity index (χ1v) is 9.94. The summed E-state index contributed by atoms with van der Waals surface area (Å²) < 4.78 is 32.0. The van der Waals surface area contributed by atoms with Gasteiger partial charge in [0.15, 0.2) is 6.79 Å². The van der Waals surface area contributed by atoms with Gasteiger partial charge in [0, 0.05) is 36.3 Å². The lowest BCUT2D eigenvalue weighted by atomic mass is 10.1. The average molecular weight is 426 g/mol. The van der Waals surface area contributed by atoms with E-state index in [1.807, 2.05) is 18.3 Å². The number of nitrogens with one attached hydrogen (secondary N) is 2. The number of fused-ring (bicyclic) bond motifs is 1. The van der Waals surface area contributed by atoms with Crippen LogP contribution in [0.1, 0.15) is 11.1 Å². The predicted molar refractivity (Wildman–Crippen MR) is 112 cm³/mol. The fourth-order valence-electron chi connectivity index (χ4n) is 3.28. The fraction of sp³-hybridized carbons (Fsp3) is 0.273. The second-order valence-electron chi connectivity index (χ2n) is 6.94. The van der Waals surface area contributed by atoms with Gasteiger partial charge in [-0.1, -0.05) is 6.07 Å². The first-order valence-electron chi connectivity index (χ1n) is 9.94. The van der Waals surface area contributed by atoms with Crippen molar-refractivity contribution in [2.45, 2.75) is 19.6 Å². The number of halogens is 1. The lowest BCUT2D eigenvalue weighted by Crippen LogP contribution is -2.30. The van der Waals surface area contributed by atoms with E-state index in [2.05, 4.69) is 15.7 Å². The summed E-state index contributed by atoms with van der Waals surface area (Å²) in [6, 6.07) is 11.5. The largest absolute Gasteiger partial charge is 0.492 e. The smallest absolute Gasteiger partial charge is 0.319 e. The van der Waals surface area contributed by atoms with E-state index in [1.54, 1.807) is 29.1 Å². The summed E-state index contributed by atoms with van der Waals surface area (Å²) in [4.78, 5) is 12.2. The zero-order valence-electron chi connectivity index (χ0n) is 16.8. The molecule has 2 heterocycles. The van der Waals surface area contributed by atoms with Gasteiger partial charge >= 0.3 is 6.03 Å². The van der Waals surface area contributed by atoms with Crippen LogP contribution in [0.15, 0.2) is 54.9 Å². The standard InChI is InChI=1S/C22H23FN4O4/c23-18-11-16(21-17(12-18)14-29-15-31-21)5-7-24-22(28)26-19-3-1-4-20(13-19)30-10-9-27-8-2-6-25-27/h1-4,6,8,11-13H,5,7,9-10,14-15H2,(H2,24,26,28). The third-order valence-corrected chi connectivity index (χ3v) is 4.67. The molecular weight excluding hydrogens is 403 g/mol. The van der Waals surface area contributed by atoms with Crippen LogP contribution < -0.4 is 20.1 Å². The number of amides is 2. The Morgan fingerprint density at radius 3 is 3.06 bits per heavy atom. The maximum absolute atomic E-state index is 13.8. The van der Waals surface area contributed by atoms with Crippen molar-refractivity contribution >= 4 is 11.7 Å². The van der Waals surface area contributed by atoms with Gasteiger partial charge in [0.1, 0.15) is 23.9 Å². The SMILES string of the molecule is O=C(NCCc1cc(F)cc2c1OCOC2)Nc1cccc(OCCn2cccn2)c1. The molecule has 0 fully saturated rings. The van der Waals surface area contributed by atoms with Gasteiger partial charge in [-0.05, 0) is 42.3 Å². The molecule has 0 saturated carbocycles. The minimum Gasteiger partial charge on any atom is -0.492 e. The van der Waals surface area contributed by atoms with Crippen LogP contribution in [0.3, 0.4) is 0 Å². The Kier molecular flexibility index (Phi) is 6.63. The highest BCUT2D eigenvalue weighted by Crippen LogP contribution is 2.29. The number of rotatable bonds is 8. The van der Waals surface area contributed by atoms with Crippen molar-refractivity contribution in [2.75, 3.05) is 25.3 Å². The molecule has 0 aliphatic carbocycles. The third-order valence-electron chi connectivity index (χ3n) is 4.67. The monoisotopic (exact) mass is 426 g/mol. The van der Waals surface area contributed by atoms with Crippen molar-refractivity contribution in [3.05, 3.63) is 71.8 Å². The first kappa shape index (κ1) is 20.7. The van der Waals surface area contributed by atoms with E-state index in [0.717, 1.165) is 0 Å². The molecule has 1 aromatic heterocycles. The molecule has 2 N–H and O–H groups in total. The Hall–Kier alpha value is -3.59. The van der Waals surface area contributed by atoms with E-state index in [-0.39, 0.29) is 18.6 Å². The van der Waals surface area contributed by atoms with Crippen molar-refractivity contribution in [1.82, 2.24) is 15.1 Å². The molecule has 0 atom stereocenters. The second-order valence-corrected chi connectivity index (χ2v) is 6.94. The number of benzene rings is 2. The summed E-state index contributed by atoms with van der Waals surface area (Å²) in [7, 11) is 0. The van der Waals surface area contributed by atoms with E-state index >= 15 is 0 Å². The van der Waals surface area contributed by atoms with E-state index in [0.29, 0.717) is 61.0 Å². The summed E-state index contributed by atoms with van der Waals surface area (Å²) in [6.45, 7) is 1.87. The Bertz CT molecular complexity index is 1030. The number of carbonyl (C=O) groups excluding carboxylic acids is 1. The third kappa shape index (κ3) is 5.73. The topological polar surface area (TPSA) is 86.6 Å². The van der Waals surface area contributed by atoms with Gasteiger partial charge in [0.05, 0.1) is 13.2 Å². The van der Waals surface area contributed by atoms with Crippen LogP contribution >= 0.6 is 0 Å². The van der Waals surface area contributed by atoms with E-state index in [1.165, 1.54) is 12.1 Å². The molecule has 2 aromatic carbocycles. The van der Waals surface area contributed by atoms with Crippen molar-refractivity contribution in [3.63, 3.8) is 0 Å². The van der Waals surface area contributed by atoms with Gasteiger partial charge in [-0.3, -0.25) is 4.68 Å². The Morgan fingerprint density at radius 2 is 2.19 bits per heavy atom. The lowest BCUT2D eigenvalue weighted by Gasteiger charge is -2.21. The maximum Gasteiger partial charge on any atom is 0.319 e. The zero-order valence-corrected chi connectivity index (χ0v) is 16.8.